The van der Waals surface area contributed by atoms with Crippen LogP contribution in [0.5, 0.6) is 0 Å². The van der Waals surface area contributed by atoms with Crippen LogP contribution in [0.15, 0.2) is 4.99 Å². The number of rotatable bonds is 6. The molecule has 0 bridgehead atoms. The molecule has 1 aliphatic rings. The van der Waals surface area contributed by atoms with Gasteiger partial charge in [0.05, 0.1) is 0 Å². The molecule has 1 N–H and O–H groups in total. The third-order valence-electron chi connectivity index (χ3n) is 3.08. The topological polar surface area (TPSA) is 27.6 Å². The molecule has 0 unspecified atom stereocenters. The second kappa shape index (κ2) is 11.3. The average molecular weight is 431 g/mol. The molecule has 120 valence electrons. The Morgan fingerprint density at radius 1 is 1.40 bits per heavy atom. The van der Waals surface area contributed by atoms with E-state index in [1.807, 2.05) is 11.8 Å². The van der Waals surface area contributed by atoms with Gasteiger partial charge in [0.25, 0.3) is 0 Å². The molecule has 1 saturated heterocycles. The smallest absolute Gasteiger partial charge is 0.193 e. The van der Waals surface area contributed by atoms with Crippen LogP contribution in [0.1, 0.15) is 33.6 Å². The Balaban J connectivity index is 0.00000361. The van der Waals surface area contributed by atoms with E-state index < -0.39 is 0 Å². The Bertz CT molecular complexity index is 286. The maximum Gasteiger partial charge on any atom is 0.193 e. The van der Waals surface area contributed by atoms with Gasteiger partial charge in [-0.05, 0) is 45.6 Å². The Morgan fingerprint density at radius 2 is 2.15 bits per heavy atom. The highest BCUT2D eigenvalue weighted by atomic mass is 127. The van der Waals surface area contributed by atoms with Gasteiger partial charge in [-0.2, -0.15) is 23.5 Å². The summed E-state index contributed by atoms with van der Waals surface area (Å²) in [7, 11) is 0. The standard InChI is InChI=1S/C14H29N3S2.HI/c1-5-15-13(16-8-6-7-10-18-4)17-9-11-19-14(2,3)12-17;/h5-12H2,1-4H3,(H,15,16);1H. The summed E-state index contributed by atoms with van der Waals surface area (Å²) >= 11 is 3.99. The molecule has 1 rings (SSSR count). The molecule has 0 radical (unpaired) electrons. The third kappa shape index (κ3) is 8.22. The molecule has 0 aliphatic carbocycles. The van der Waals surface area contributed by atoms with Gasteiger partial charge in [-0.25, -0.2) is 0 Å². The summed E-state index contributed by atoms with van der Waals surface area (Å²) in [5.41, 5.74) is 0. The Hall–Kier alpha value is 0.700. The monoisotopic (exact) mass is 431 g/mol. The van der Waals surface area contributed by atoms with Crippen LogP contribution in [0.25, 0.3) is 0 Å². The molecule has 20 heavy (non-hydrogen) atoms. The number of hydrogen-bond acceptors (Lipinski definition) is 3. The van der Waals surface area contributed by atoms with Crippen molar-refractivity contribution in [1.82, 2.24) is 10.2 Å². The molecule has 1 fully saturated rings. The van der Waals surface area contributed by atoms with Crippen LogP contribution in [-0.4, -0.2) is 59.5 Å². The normalized spacial score (nSPS) is 18.6. The summed E-state index contributed by atoms with van der Waals surface area (Å²) in [4.78, 5) is 7.21. The summed E-state index contributed by atoms with van der Waals surface area (Å²) in [6.45, 7) is 10.9. The molecule has 1 aliphatic heterocycles. The van der Waals surface area contributed by atoms with Crippen molar-refractivity contribution >= 4 is 53.5 Å². The first-order valence-corrected chi connectivity index (χ1v) is 9.63. The molecule has 0 spiro atoms. The molecule has 6 heteroatoms. The highest BCUT2D eigenvalue weighted by molar-refractivity contribution is 14.0. The molecule has 0 saturated carbocycles. The number of hydrogen-bond donors (Lipinski definition) is 1. The summed E-state index contributed by atoms with van der Waals surface area (Å²) in [6.07, 6.45) is 4.63. The molecule has 0 atom stereocenters. The van der Waals surface area contributed by atoms with E-state index in [0.717, 1.165) is 32.1 Å². The number of nitrogens with one attached hydrogen (secondary N) is 1. The molecular weight excluding hydrogens is 401 g/mol. The van der Waals surface area contributed by atoms with E-state index in [1.54, 1.807) is 0 Å². The van der Waals surface area contributed by atoms with Crippen LogP contribution in [0.4, 0.5) is 0 Å². The highest BCUT2D eigenvalue weighted by Gasteiger charge is 2.28. The summed E-state index contributed by atoms with van der Waals surface area (Å²) in [5, 5.41) is 3.44. The van der Waals surface area contributed by atoms with Gasteiger partial charge in [0.15, 0.2) is 5.96 Å². The van der Waals surface area contributed by atoms with Gasteiger partial charge in [0.2, 0.25) is 0 Å². The van der Waals surface area contributed by atoms with Crippen LogP contribution in [0.2, 0.25) is 0 Å². The lowest BCUT2D eigenvalue weighted by atomic mass is 10.2. The minimum Gasteiger partial charge on any atom is -0.357 e. The summed E-state index contributed by atoms with van der Waals surface area (Å²) in [5.74, 6) is 3.56. The Morgan fingerprint density at radius 3 is 2.75 bits per heavy atom. The molecule has 0 aromatic rings. The second-order valence-corrected chi connectivity index (χ2v) is 8.25. The molecule has 1 heterocycles. The van der Waals surface area contributed by atoms with Crippen LogP contribution in [0, 0.1) is 0 Å². The molecule has 0 aromatic carbocycles. The molecular formula is C14H30IN3S2. The highest BCUT2D eigenvalue weighted by Crippen LogP contribution is 2.29. The van der Waals surface area contributed by atoms with Crippen molar-refractivity contribution in [1.29, 1.82) is 0 Å². The number of unbranched alkanes of at least 4 members (excludes halogenated alkanes) is 1. The van der Waals surface area contributed by atoms with Crippen molar-refractivity contribution in [2.75, 3.05) is 43.9 Å². The van der Waals surface area contributed by atoms with E-state index in [4.69, 9.17) is 4.99 Å². The zero-order chi connectivity index (χ0) is 14.1. The minimum atomic E-state index is 0. The summed E-state index contributed by atoms with van der Waals surface area (Å²) in [6, 6.07) is 0. The van der Waals surface area contributed by atoms with Crippen molar-refractivity contribution in [3.63, 3.8) is 0 Å². The first kappa shape index (κ1) is 20.7. The van der Waals surface area contributed by atoms with Crippen molar-refractivity contribution in [2.45, 2.75) is 38.4 Å². The van der Waals surface area contributed by atoms with Crippen LogP contribution in [-0.2, 0) is 0 Å². The van der Waals surface area contributed by atoms with Gasteiger partial charge >= 0.3 is 0 Å². The SMILES string of the molecule is CCNC(=NCCCCSC)N1CCSC(C)(C)C1.I. The first-order chi connectivity index (χ1) is 9.09. The number of halogens is 1. The summed E-state index contributed by atoms with van der Waals surface area (Å²) < 4.78 is 0.341. The maximum atomic E-state index is 4.79. The zero-order valence-corrected chi connectivity index (χ0v) is 17.2. The van der Waals surface area contributed by atoms with Crippen molar-refractivity contribution in [3.05, 3.63) is 0 Å². The quantitative estimate of drug-likeness (QED) is 0.301. The van der Waals surface area contributed by atoms with Gasteiger partial charge in [-0.3, -0.25) is 4.99 Å². The minimum absolute atomic E-state index is 0. The van der Waals surface area contributed by atoms with Crippen LogP contribution < -0.4 is 5.32 Å². The van der Waals surface area contributed by atoms with E-state index in [-0.39, 0.29) is 24.0 Å². The van der Waals surface area contributed by atoms with Crippen LogP contribution in [0.3, 0.4) is 0 Å². The van der Waals surface area contributed by atoms with E-state index in [1.165, 1.54) is 24.3 Å². The maximum absolute atomic E-state index is 4.79. The second-order valence-electron chi connectivity index (χ2n) is 5.47. The van der Waals surface area contributed by atoms with Gasteiger partial charge in [-0.15, -0.1) is 24.0 Å². The van der Waals surface area contributed by atoms with Gasteiger partial charge in [-0.1, -0.05) is 0 Å². The fourth-order valence-corrected chi connectivity index (χ4v) is 3.77. The Kier molecular flexibility index (Phi) is 11.7. The van der Waals surface area contributed by atoms with E-state index in [0.29, 0.717) is 4.75 Å². The van der Waals surface area contributed by atoms with Gasteiger partial charge < -0.3 is 10.2 Å². The first-order valence-electron chi connectivity index (χ1n) is 7.25. The molecule has 3 nitrogen and oxygen atoms in total. The lowest BCUT2D eigenvalue weighted by Gasteiger charge is -2.39. The van der Waals surface area contributed by atoms with Gasteiger partial charge in [0, 0.05) is 36.7 Å². The fourth-order valence-electron chi connectivity index (χ4n) is 2.17. The van der Waals surface area contributed by atoms with E-state index >= 15 is 0 Å². The molecule has 0 amide bonds. The predicted octanol–water partition coefficient (Wildman–Crippen LogP) is 3.54. The van der Waals surface area contributed by atoms with E-state index in [2.05, 4.69) is 49.0 Å². The van der Waals surface area contributed by atoms with Crippen molar-refractivity contribution in [2.24, 2.45) is 4.99 Å². The number of guanidine groups is 1. The fraction of sp³-hybridized carbons (Fsp3) is 0.929. The Labute approximate surface area is 150 Å². The van der Waals surface area contributed by atoms with Crippen LogP contribution >= 0.6 is 47.5 Å². The number of thioether (sulfide) groups is 2. The van der Waals surface area contributed by atoms with Gasteiger partial charge in [0.1, 0.15) is 0 Å². The lowest BCUT2D eigenvalue weighted by molar-refractivity contribution is 0.376. The number of aliphatic imine (C=N–C) groups is 1. The number of nitrogens with zero attached hydrogens (tertiary/aromatic N) is 2. The lowest BCUT2D eigenvalue weighted by Crippen LogP contribution is -2.51. The predicted molar refractivity (Wildman–Crippen MR) is 107 cm³/mol. The average Bonchev–Trinajstić information content (AvgIpc) is 2.36. The van der Waals surface area contributed by atoms with Crippen molar-refractivity contribution in [3.8, 4) is 0 Å². The largest absolute Gasteiger partial charge is 0.357 e. The van der Waals surface area contributed by atoms with Crippen molar-refractivity contribution < 1.29 is 0 Å². The molecule has 0 aromatic heterocycles. The van der Waals surface area contributed by atoms with E-state index in [9.17, 15) is 0 Å². The third-order valence-corrected chi connectivity index (χ3v) is 5.07. The zero-order valence-electron chi connectivity index (χ0n) is 13.3.